The van der Waals surface area contributed by atoms with E-state index < -0.39 is 5.54 Å². The largest absolute Gasteiger partial charge is 0.381 e. The second-order valence-corrected chi connectivity index (χ2v) is 6.54. The van der Waals surface area contributed by atoms with Crippen molar-refractivity contribution in [2.45, 2.75) is 25.3 Å². The van der Waals surface area contributed by atoms with Crippen molar-refractivity contribution in [2.75, 3.05) is 18.5 Å². The summed E-state index contributed by atoms with van der Waals surface area (Å²) in [6.07, 6.45) is 4.80. The first-order valence-electron chi connectivity index (χ1n) is 8.59. The standard InChI is InChI=1S/C19H20N4O3/c1-13-10-17(26-23-13)19(5-8-25-9-6-19)22-18(24)21-16-3-2-15-12-20-7-4-14(15)11-16/h2-4,7,10-12H,5-6,8-9H2,1H3,(H2,21,22,24). The van der Waals surface area contributed by atoms with Crippen molar-refractivity contribution in [3.05, 3.63) is 54.2 Å². The van der Waals surface area contributed by atoms with Gasteiger partial charge in [0.2, 0.25) is 0 Å². The topological polar surface area (TPSA) is 89.3 Å². The van der Waals surface area contributed by atoms with Gasteiger partial charge in [-0.15, -0.1) is 0 Å². The lowest BCUT2D eigenvalue weighted by molar-refractivity contribution is 0.0307. The maximum absolute atomic E-state index is 12.7. The molecule has 7 heteroatoms. The number of fused-ring (bicyclic) bond motifs is 1. The van der Waals surface area contributed by atoms with Crippen LogP contribution >= 0.6 is 0 Å². The number of carbonyl (C=O) groups excluding carboxylic acids is 1. The Kier molecular flexibility index (Phi) is 4.30. The molecule has 0 atom stereocenters. The van der Waals surface area contributed by atoms with Crippen LogP contribution in [0.1, 0.15) is 24.3 Å². The average Bonchev–Trinajstić information content (AvgIpc) is 3.09. The van der Waals surface area contributed by atoms with Gasteiger partial charge in [-0.05, 0) is 30.5 Å². The summed E-state index contributed by atoms with van der Waals surface area (Å²) in [7, 11) is 0. The summed E-state index contributed by atoms with van der Waals surface area (Å²) in [4.78, 5) is 16.8. The van der Waals surface area contributed by atoms with E-state index in [4.69, 9.17) is 9.26 Å². The van der Waals surface area contributed by atoms with Crippen LogP contribution in [-0.4, -0.2) is 29.4 Å². The first kappa shape index (κ1) is 16.5. The fourth-order valence-corrected chi connectivity index (χ4v) is 3.28. The molecule has 2 aromatic heterocycles. The second-order valence-electron chi connectivity index (χ2n) is 6.54. The number of hydrogen-bond acceptors (Lipinski definition) is 5. The van der Waals surface area contributed by atoms with E-state index in [1.165, 1.54) is 0 Å². The van der Waals surface area contributed by atoms with E-state index in [0.29, 0.717) is 31.8 Å². The molecule has 7 nitrogen and oxygen atoms in total. The van der Waals surface area contributed by atoms with Crippen LogP contribution in [0.4, 0.5) is 10.5 Å². The fraction of sp³-hybridized carbons (Fsp3) is 0.316. The van der Waals surface area contributed by atoms with Crippen LogP contribution in [0.15, 0.2) is 47.2 Å². The highest BCUT2D eigenvalue weighted by Gasteiger charge is 2.39. The van der Waals surface area contributed by atoms with E-state index in [0.717, 1.165) is 22.2 Å². The van der Waals surface area contributed by atoms with E-state index in [1.54, 1.807) is 12.4 Å². The fourth-order valence-electron chi connectivity index (χ4n) is 3.28. The van der Waals surface area contributed by atoms with Crippen LogP contribution in [0.5, 0.6) is 0 Å². The molecule has 2 N–H and O–H groups in total. The Labute approximate surface area is 150 Å². The summed E-state index contributed by atoms with van der Waals surface area (Å²) in [5, 5.41) is 12.0. The Bertz CT molecular complexity index is 931. The predicted octanol–water partition coefficient (Wildman–Crippen LogP) is 3.36. The molecule has 3 heterocycles. The Morgan fingerprint density at radius 2 is 2.00 bits per heavy atom. The molecule has 0 unspecified atom stereocenters. The lowest BCUT2D eigenvalue weighted by Crippen LogP contribution is -2.50. The van der Waals surface area contributed by atoms with E-state index in [9.17, 15) is 4.79 Å². The normalized spacial score (nSPS) is 16.3. The van der Waals surface area contributed by atoms with Gasteiger partial charge < -0.3 is 19.9 Å². The summed E-state index contributed by atoms with van der Waals surface area (Å²) in [6, 6.07) is 9.21. The minimum Gasteiger partial charge on any atom is -0.381 e. The molecule has 0 saturated carbocycles. The van der Waals surface area contributed by atoms with E-state index >= 15 is 0 Å². The van der Waals surface area contributed by atoms with E-state index in [-0.39, 0.29) is 6.03 Å². The van der Waals surface area contributed by atoms with Crippen LogP contribution in [0.2, 0.25) is 0 Å². The molecule has 0 radical (unpaired) electrons. The number of pyridine rings is 1. The highest BCUT2D eigenvalue weighted by atomic mass is 16.5. The Morgan fingerprint density at radius 3 is 2.77 bits per heavy atom. The summed E-state index contributed by atoms with van der Waals surface area (Å²) in [5.41, 5.74) is 0.901. The summed E-state index contributed by atoms with van der Waals surface area (Å²) in [6.45, 7) is 2.98. The smallest absolute Gasteiger partial charge is 0.320 e. The summed E-state index contributed by atoms with van der Waals surface area (Å²) < 4.78 is 10.9. The number of aromatic nitrogens is 2. The van der Waals surface area contributed by atoms with Crippen molar-refractivity contribution in [3.8, 4) is 0 Å². The molecular formula is C19H20N4O3. The van der Waals surface area contributed by atoms with Gasteiger partial charge in [-0.1, -0.05) is 11.2 Å². The molecule has 1 aliphatic rings. The third-order valence-corrected chi connectivity index (χ3v) is 4.70. The van der Waals surface area contributed by atoms with Gasteiger partial charge in [0.25, 0.3) is 0 Å². The number of aryl methyl sites for hydroxylation is 1. The SMILES string of the molecule is Cc1cc(C2(NC(=O)Nc3ccc4cnccc4c3)CCOCC2)on1. The molecule has 1 aliphatic heterocycles. The highest BCUT2D eigenvalue weighted by molar-refractivity contribution is 5.93. The zero-order valence-electron chi connectivity index (χ0n) is 14.5. The number of ether oxygens (including phenoxy) is 1. The molecule has 1 aromatic carbocycles. The molecule has 0 spiro atoms. The van der Waals surface area contributed by atoms with Gasteiger partial charge >= 0.3 is 6.03 Å². The zero-order valence-corrected chi connectivity index (χ0v) is 14.5. The average molecular weight is 352 g/mol. The third kappa shape index (κ3) is 3.25. The molecule has 1 fully saturated rings. The van der Waals surface area contributed by atoms with Crippen molar-refractivity contribution < 1.29 is 14.1 Å². The number of nitrogens with zero attached hydrogens (tertiary/aromatic N) is 2. The number of rotatable bonds is 3. The first-order chi connectivity index (χ1) is 12.6. The Balaban J connectivity index is 1.54. The predicted molar refractivity (Wildman–Crippen MR) is 96.9 cm³/mol. The van der Waals surface area contributed by atoms with Crippen molar-refractivity contribution in [2.24, 2.45) is 0 Å². The van der Waals surface area contributed by atoms with E-state index in [2.05, 4.69) is 20.8 Å². The number of amides is 2. The van der Waals surface area contributed by atoms with Gasteiger partial charge in [0.15, 0.2) is 5.76 Å². The molecule has 4 rings (SSSR count). The van der Waals surface area contributed by atoms with Gasteiger partial charge in [-0.3, -0.25) is 4.98 Å². The Hall–Kier alpha value is -2.93. The van der Waals surface area contributed by atoms with Crippen molar-refractivity contribution in [1.82, 2.24) is 15.5 Å². The number of nitrogens with one attached hydrogen (secondary N) is 2. The zero-order chi connectivity index (χ0) is 18.0. The first-order valence-corrected chi connectivity index (χ1v) is 8.59. The molecule has 0 aliphatic carbocycles. The molecular weight excluding hydrogens is 332 g/mol. The highest BCUT2D eigenvalue weighted by Crippen LogP contribution is 2.32. The lowest BCUT2D eigenvalue weighted by Gasteiger charge is -2.35. The van der Waals surface area contributed by atoms with Gasteiger partial charge in [-0.2, -0.15) is 0 Å². The number of carbonyl (C=O) groups is 1. The summed E-state index contributed by atoms with van der Waals surface area (Å²) >= 11 is 0. The quantitative estimate of drug-likeness (QED) is 0.754. The number of hydrogen-bond donors (Lipinski definition) is 2. The van der Waals surface area contributed by atoms with Gasteiger partial charge in [-0.25, -0.2) is 4.79 Å². The van der Waals surface area contributed by atoms with Crippen LogP contribution in [0, 0.1) is 6.92 Å². The molecule has 0 bridgehead atoms. The van der Waals surface area contributed by atoms with Crippen LogP contribution < -0.4 is 10.6 Å². The van der Waals surface area contributed by atoms with Crippen molar-refractivity contribution in [3.63, 3.8) is 0 Å². The maximum atomic E-state index is 12.7. The van der Waals surface area contributed by atoms with E-state index in [1.807, 2.05) is 37.3 Å². The second kappa shape index (κ2) is 6.76. The molecule has 3 aromatic rings. The molecule has 1 saturated heterocycles. The molecule has 134 valence electrons. The minimum atomic E-state index is -0.607. The van der Waals surface area contributed by atoms with Gasteiger partial charge in [0, 0.05) is 55.6 Å². The lowest BCUT2D eigenvalue weighted by atomic mass is 9.87. The van der Waals surface area contributed by atoms with Crippen molar-refractivity contribution in [1.29, 1.82) is 0 Å². The monoisotopic (exact) mass is 352 g/mol. The summed E-state index contributed by atoms with van der Waals surface area (Å²) in [5.74, 6) is 0.665. The minimum absolute atomic E-state index is 0.283. The number of benzene rings is 1. The van der Waals surface area contributed by atoms with Gasteiger partial charge in [0.05, 0.1) is 5.69 Å². The van der Waals surface area contributed by atoms with Crippen LogP contribution in [-0.2, 0) is 10.3 Å². The van der Waals surface area contributed by atoms with Crippen LogP contribution in [0.25, 0.3) is 10.8 Å². The number of urea groups is 1. The third-order valence-electron chi connectivity index (χ3n) is 4.70. The van der Waals surface area contributed by atoms with Crippen LogP contribution in [0.3, 0.4) is 0 Å². The molecule has 2 amide bonds. The van der Waals surface area contributed by atoms with Crippen molar-refractivity contribution >= 4 is 22.5 Å². The number of anilines is 1. The molecule has 26 heavy (non-hydrogen) atoms. The maximum Gasteiger partial charge on any atom is 0.320 e. The van der Waals surface area contributed by atoms with Gasteiger partial charge in [0.1, 0.15) is 5.54 Å². The Morgan fingerprint density at radius 1 is 1.15 bits per heavy atom.